The second-order valence-electron chi connectivity index (χ2n) is 4.70. The Labute approximate surface area is 112 Å². The molecule has 0 aromatic heterocycles. The minimum atomic E-state index is -0.166. The lowest BCUT2D eigenvalue weighted by Crippen LogP contribution is -2.38. The second-order valence-corrected chi connectivity index (χ2v) is 5.84. The Morgan fingerprint density at radius 1 is 1.28 bits per heavy atom. The fraction of sp³-hybridized carbons (Fsp3) is 0.500. The van der Waals surface area contributed by atoms with Crippen LogP contribution in [0.1, 0.15) is 36.0 Å². The van der Waals surface area contributed by atoms with Crippen LogP contribution in [0, 0.1) is 0 Å². The van der Waals surface area contributed by atoms with E-state index in [4.69, 9.17) is 0 Å². The van der Waals surface area contributed by atoms with Crippen LogP contribution in [0.5, 0.6) is 5.75 Å². The molecule has 1 aromatic carbocycles. The van der Waals surface area contributed by atoms with E-state index in [9.17, 15) is 9.90 Å². The fourth-order valence-electron chi connectivity index (χ4n) is 2.37. The van der Waals surface area contributed by atoms with E-state index < -0.39 is 0 Å². The van der Waals surface area contributed by atoms with Gasteiger partial charge in [-0.3, -0.25) is 4.79 Å². The zero-order valence-electron chi connectivity index (χ0n) is 10.6. The van der Waals surface area contributed by atoms with Gasteiger partial charge < -0.3 is 10.4 Å². The van der Waals surface area contributed by atoms with Crippen LogP contribution < -0.4 is 5.32 Å². The number of carbonyl (C=O) groups excluding carboxylic acids is 1. The molecule has 4 heteroatoms. The van der Waals surface area contributed by atoms with E-state index in [0.717, 1.165) is 30.9 Å². The zero-order chi connectivity index (χ0) is 13.0. The number of rotatable bonds is 3. The first kappa shape index (κ1) is 13.3. The molecule has 1 aliphatic rings. The third kappa shape index (κ3) is 3.19. The predicted octanol–water partition coefficient (Wildman–Crippen LogP) is 2.80. The van der Waals surface area contributed by atoms with Gasteiger partial charge >= 0.3 is 0 Å². The lowest BCUT2D eigenvalue weighted by molar-refractivity contribution is 0.0925. The molecule has 1 aromatic rings. The van der Waals surface area contributed by atoms with Crippen LogP contribution in [0.25, 0.3) is 0 Å². The summed E-state index contributed by atoms with van der Waals surface area (Å²) in [7, 11) is 0. The number of amides is 1. The van der Waals surface area contributed by atoms with Crippen LogP contribution in [0.3, 0.4) is 0 Å². The van der Waals surface area contributed by atoms with Gasteiger partial charge in [0.05, 0.1) is 5.56 Å². The number of para-hydroxylation sites is 1. The first-order valence-electron chi connectivity index (χ1n) is 6.32. The predicted molar refractivity (Wildman–Crippen MR) is 75.1 cm³/mol. The van der Waals surface area contributed by atoms with E-state index in [1.54, 1.807) is 24.3 Å². The molecule has 2 rings (SSSR count). The fourth-order valence-corrected chi connectivity index (χ4v) is 3.12. The first-order chi connectivity index (χ1) is 8.70. The number of phenolic OH excluding ortho intramolecular Hbond substituents is 1. The normalized spacial score (nSPS) is 23.6. The molecule has 0 atom stereocenters. The number of nitrogens with one attached hydrogen (secondary N) is 1. The largest absolute Gasteiger partial charge is 0.507 e. The van der Waals surface area contributed by atoms with Gasteiger partial charge in [-0.25, -0.2) is 0 Å². The average Bonchev–Trinajstić information content (AvgIpc) is 2.40. The van der Waals surface area contributed by atoms with Gasteiger partial charge in [-0.15, -0.1) is 0 Å². The average molecular weight is 265 g/mol. The molecular weight excluding hydrogens is 246 g/mol. The van der Waals surface area contributed by atoms with Crippen LogP contribution in [0.2, 0.25) is 0 Å². The molecule has 3 nitrogen and oxygen atoms in total. The lowest BCUT2D eigenvalue weighted by atomic mass is 9.94. The van der Waals surface area contributed by atoms with Crippen molar-refractivity contribution in [1.82, 2.24) is 5.32 Å². The van der Waals surface area contributed by atoms with E-state index in [1.807, 2.05) is 11.8 Å². The Bertz CT molecular complexity index is 414. The molecular formula is C14H19NO2S. The van der Waals surface area contributed by atoms with Crippen LogP contribution in [-0.4, -0.2) is 28.6 Å². The summed E-state index contributed by atoms with van der Waals surface area (Å²) < 4.78 is 0. The molecule has 0 aliphatic heterocycles. The lowest BCUT2D eigenvalue weighted by Gasteiger charge is -2.28. The van der Waals surface area contributed by atoms with Crippen molar-refractivity contribution in [2.45, 2.75) is 37.0 Å². The maximum Gasteiger partial charge on any atom is 0.255 e. The Morgan fingerprint density at radius 3 is 2.56 bits per heavy atom. The molecule has 0 heterocycles. The van der Waals surface area contributed by atoms with E-state index in [1.165, 1.54) is 0 Å². The van der Waals surface area contributed by atoms with Crippen molar-refractivity contribution >= 4 is 17.7 Å². The number of hydrogen-bond acceptors (Lipinski definition) is 3. The first-order valence-corrected chi connectivity index (χ1v) is 7.61. The minimum absolute atomic E-state index is 0.0489. The topological polar surface area (TPSA) is 49.3 Å². The highest BCUT2D eigenvalue weighted by Gasteiger charge is 2.22. The summed E-state index contributed by atoms with van der Waals surface area (Å²) in [5.74, 6) is -0.117. The van der Waals surface area contributed by atoms with Crippen molar-refractivity contribution in [1.29, 1.82) is 0 Å². The quantitative estimate of drug-likeness (QED) is 0.883. The Hall–Kier alpha value is -1.16. The maximum absolute atomic E-state index is 12.0. The molecule has 1 fully saturated rings. The Morgan fingerprint density at radius 2 is 1.94 bits per heavy atom. The maximum atomic E-state index is 12.0. The van der Waals surface area contributed by atoms with Crippen molar-refractivity contribution < 1.29 is 9.90 Å². The van der Waals surface area contributed by atoms with E-state index in [0.29, 0.717) is 5.56 Å². The van der Waals surface area contributed by atoms with E-state index >= 15 is 0 Å². The van der Waals surface area contributed by atoms with Gasteiger partial charge in [-0.05, 0) is 44.1 Å². The number of benzene rings is 1. The van der Waals surface area contributed by atoms with Gasteiger partial charge in [0.15, 0.2) is 0 Å². The van der Waals surface area contributed by atoms with Crippen molar-refractivity contribution in [2.24, 2.45) is 0 Å². The molecule has 18 heavy (non-hydrogen) atoms. The van der Waals surface area contributed by atoms with Gasteiger partial charge in [-0.2, -0.15) is 11.8 Å². The van der Waals surface area contributed by atoms with Gasteiger partial charge in [0.2, 0.25) is 0 Å². The standard InChI is InChI=1S/C14H19NO2S/c1-18-11-8-6-10(7-9-11)15-14(17)12-4-2-3-5-13(12)16/h2-5,10-11,16H,6-9H2,1H3,(H,15,17). The number of carbonyl (C=O) groups is 1. The van der Waals surface area contributed by atoms with Gasteiger partial charge in [0, 0.05) is 11.3 Å². The summed E-state index contributed by atoms with van der Waals surface area (Å²) >= 11 is 1.91. The van der Waals surface area contributed by atoms with Crippen LogP contribution in [-0.2, 0) is 0 Å². The highest BCUT2D eigenvalue weighted by Crippen LogP contribution is 2.27. The van der Waals surface area contributed by atoms with E-state index in [2.05, 4.69) is 11.6 Å². The number of hydrogen-bond donors (Lipinski definition) is 2. The van der Waals surface area contributed by atoms with E-state index in [-0.39, 0.29) is 17.7 Å². The number of aromatic hydroxyl groups is 1. The number of phenols is 1. The molecule has 0 bridgehead atoms. The van der Waals surface area contributed by atoms with Crippen molar-refractivity contribution in [3.05, 3.63) is 29.8 Å². The molecule has 98 valence electrons. The summed E-state index contributed by atoms with van der Waals surface area (Å²) in [5, 5.41) is 13.4. The Balaban J connectivity index is 1.91. The van der Waals surface area contributed by atoms with Crippen LogP contribution in [0.4, 0.5) is 0 Å². The summed E-state index contributed by atoms with van der Waals surface area (Å²) in [6, 6.07) is 6.92. The van der Waals surface area contributed by atoms with Gasteiger partial charge in [0.25, 0.3) is 5.91 Å². The van der Waals surface area contributed by atoms with Gasteiger partial charge in [-0.1, -0.05) is 12.1 Å². The SMILES string of the molecule is CSC1CCC(NC(=O)c2ccccc2O)CC1. The van der Waals surface area contributed by atoms with Crippen LogP contribution >= 0.6 is 11.8 Å². The highest BCUT2D eigenvalue weighted by atomic mass is 32.2. The zero-order valence-corrected chi connectivity index (χ0v) is 11.4. The molecule has 1 amide bonds. The van der Waals surface area contributed by atoms with Gasteiger partial charge in [0.1, 0.15) is 5.75 Å². The van der Waals surface area contributed by atoms with Crippen LogP contribution in [0.15, 0.2) is 24.3 Å². The Kier molecular flexibility index (Phi) is 4.53. The molecule has 0 radical (unpaired) electrons. The summed E-state index contributed by atoms with van der Waals surface area (Å²) in [5.41, 5.74) is 0.365. The molecule has 1 saturated carbocycles. The molecule has 0 spiro atoms. The summed E-state index contributed by atoms with van der Waals surface area (Å²) in [6.07, 6.45) is 6.53. The third-order valence-corrected chi connectivity index (χ3v) is 4.63. The molecule has 0 saturated heterocycles. The van der Waals surface area contributed by atoms with Crippen molar-refractivity contribution in [3.8, 4) is 5.75 Å². The number of thioether (sulfide) groups is 1. The summed E-state index contributed by atoms with van der Waals surface area (Å²) in [6.45, 7) is 0. The monoisotopic (exact) mass is 265 g/mol. The summed E-state index contributed by atoms with van der Waals surface area (Å²) in [4.78, 5) is 12.0. The third-order valence-electron chi connectivity index (χ3n) is 3.49. The molecule has 0 unspecified atom stereocenters. The minimum Gasteiger partial charge on any atom is -0.507 e. The van der Waals surface area contributed by atoms with Crippen molar-refractivity contribution in [3.63, 3.8) is 0 Å². The highest BCUT2D eigenvalue weighted by molar-refractivity contribution is 7.99. The second kappa shape index (κ2) is 6.14. The smallest absolute Gasteiger partial charge is 0.255 e. The van der Waals surface area contributed by atoms with Crippen molar-refractivity contribution in [2.75, 3.05) is 6.26 Å². The molecule has 1 aliphatic carbocycles. The molecule has 2 N–H and O–H groups in total.